The van der Waals surface area contributed by atoms with Gasteiger partial charge in [-0.25, -0.2) is 4.39 Å². The summed E-state index contributed by atoms with van der Waals surface area (Å²) in [7, 11) is 0. The third-order valence-electron chi connectivity index (χ3n) is 5.45. The van der Waals surface area contributed by atoms with Gasteiger partial charge in [0.1, 0.15) is 18.2 Å². The van der Waals surface area contributed by atoms with Crippen LogP contribution in [0.5, 0.6) is 0 Å². The molecule has 0 heterocycles. The van der Waals surface area contributed by atoms with E-state index in [4.69, 9.17) is 4.84 Å². The van der Waals surface area contributed by atoms with Crippen LogP contribution in [-0.2, 0) is 16.1 Å². The number of aliphatic hydroxyl groups excluding tert-OH is 1. The molecule has 0 saturated carbocycles. The van der Waals surface area contributed by atoms with E-state index in [2.05, 4.69) is 19.0 Å². The lowest BCUT2D eigenvalue weighted by atomic mass is 9.82. The van der Waals surface area contributed by atoms with Gasteiger partial charge >= 0.3 is 0 Å². The molecular formula is C25H36FNO3S. The Kier molecular flexibility index (Phi) is 11.1. The van der Waals surface area contributed by atoms with Crippen LogP contribution in [0.3, 0.4) is 0 Å². The molecular weight excluding hydrogens is 413 g/mol. The van der Waals surface area contributed by atoms with Crippen LogP contribution in [-0.4, -0.2) is 34.2 Å². The fraction of sp³-hybridized carbons (Fsp3) is 0.600. The molecule has 0 aromatic heterocycles. The molecule has 0 amide bonds. The van der Waals surface area contributed by atoms with E-state index in [1.165, 1.54) is 12.1 Å². The van der Waals surface area contributed by atoms with Gasteiger partial charge in [0.25, 0.3) is 0 Å². The predicted octanol–water partition coefficient (Wildman–Crippen LogP) is 6.64. The van der Waals surface area contributed by atoms with E-state index in [1.807, 2.05) is 18.7 Å². The molecule has 4 nitrogen and oxygen atoms in total. The summed E-state index contributed by atoms with van der Waals surface area (Å²) in [4.78, 5) is 18.3. The van der Waals surface area contributed by atoms with E-state index in [0.717, 1.165) is 43.4 Å². The Balaban J connectivity index is 1.88. The SMILES string of the molecule is CCCC(=NOCCCCc1ccc(F)cc1)C1=C(O)CC(CC(C)SCC)CC1=O. The number of oxime groups is 1. The second-order valence-electron chi connectivity index (χ2n) is 8.23. The molecule has 31 heavy (non-hydrogen) atoms. The number of ketones is 1. The first-order valence-corrected chi connectivity index (χ1v) is 12.5. The van der Waals surface area contributed by atoms with Crippen LogP contribution < -0.4 is 0 Å². The maximum absolute atomic E-state index is 12.9. The lowest BCUT2D eigenvalue weighted by molar-refractivity contribution is -0.116. The number of benzene rings is 1. The van der Waals surface area contributed by atoms with Crippen molar-refractivity contribution in [2.45, 2.75) is 77.4 Å². The standard InChI is InChI=1S/C25H36FNO3S/c1-4-8-22(27-30-14-7-6-9-19-10-12-21(26)13-11-19)25-23(28)16-20(17-24(25)29)15-18(3)31-5-2/h10-13,18,20,28H,4-9,14-17H2,1-3H3. The third kappa shape index (κ3) is 8.68. The molecule has 0 bridgehead atoms. The minimum Gasteiger partial charge on any atom is -0.511 e. The molecule has 1 aromatic rings. The Morgan fingerprint density at radius 2 is 2.00 bits per heavy atom. The second-order valence-corrected chi connectivity index (χ2v) is 9.94. The molecule has 0 saturated heterocycles. The Labute approximate surface area is 190 Å². The summed E-state index contributed by atoms with van der Waals surface area (Å²) < 4.78 is 12.9. The number of thioether (sulfide) groups is 1. The van der Waals surface area contributed by atoms with Crippen LogP contribution in [0.1, 0.15) is 71.3 Å². The number of nitrogens with zero attached hydrogens (tertiary/aromatic N) is 1. The Bertz CT molecular complexity index is 761. The number of halogens is 1. The number of aliphatic hydroxyl groups is 1. The summed E-state index contributed by atoms with van der Waals surface area (Å²) in [5.74, 6) is 1.18. The van der Waals surface area contributed by atoms with Gasteiger partial charge in [-0.3, -0.25) is 4.79 Å². The first kappa shape index (κ1) is 25.4. The quantitative estimate of drug-likeness (QED) is 0.208. The molecule has 2 unspecified atom stereocenters. The van der Waals surface area contributed by atoms with Gasteiger partial charge in [-0.1, -0.05) is 44.5 Å². The Morgan fingerprint density at radius 3 is 2.65 bits per heavy atom. The van der Waals surface area contributed by atoms with Crippen molar-refractivity contribution in [3.05, 3.63) is 47.0 Å². The lowest BCUT2D eigenvalue weighted by Crippen LogP contribution is -2.26. The largest absolute Gasteiger partial charge is 0.511 e. The zero-order valence-corrected chi connectivity index (χ0v) is 19.8. The maximum Gasteiger partial charge on any atom is 0.168 e. The third-order valence-corrected chi connectivity index (χ3v) is 6.55. The van der Waals surface area contributed by atoms with E-state index in [1.54, 1.807) is 12.1 Å². The van der Waals surface area contributed by atoms with Crippen molar-refractivity contribution >= 4 is 23.3 Å². The number of unbranched alkanes of at least 4 members (excludes halogenated alkanes) is 1. The molecule has 6 heteroatoms. The number of rotatable bonds is 13. The molecule has 0 aliphatic heterocycles. The van der Waals surface area contributed by atoms with Crippen molar-refractivity contribution in [1.82, 2.24) is 0 Å². The van der Waals surface area contributed by atoms with Crippen LogP contribution in [0.2, 0.25) is 0 Å². The van der Waals surface area contributed by atoms with Crippen molar-refractivity contribution in [2.75, 3.05) is 12.4 Å². The Hall–Kier alpha value is -1.82. The number of hydrogen-bond donors (Lipinski definition) is 1. The van der Waals surface area contributed by atoms with E-state index < -0.39 is 0 Å². The average Bonchev–Trinajstić information content (AvgIpc) is 2.71. The molecule has 0 spiro atoms. The molecule has 0 fully saturated rings. The zero-order valence-electron chi connectivity index (χ0n) is 19.0. The van der Waals surface area contributed by atoms with Gasteiger partial charge in [0, 0.05) is 18.1 Å². The van der Waals surface area contributed by atoms with E-state index >= 15 is 0 Å². The summed E-state index contributed by atoms with van der Waals surface area (Å²) in [5.41, 5.74) is 2.04. The Morgan fingerprint density at radius 1 is 1.26 bits per heavy atom. The highest BCUT2D eigenvalue weighted by Gasteiger charge is 2.31. The summed E-state index contributed by atoms with van der Waals surface area (Å²) in [6.45, 7) is 6.79. The average molecular weight is 450 g/mol. The van der Waals surface area contributed by atoms with Crippen molar-refractivity contribution in [3.8, 4) is 0 Å². The zero-order chi connectivity index (χ0) is 22.6. The first-order valence-electron chi connectivity index (χ1n) is 11.4. The van der Waals surface area contributed by atoms with Gasteiger partial charge in [0.15, 0.2) is 5.78 Å². The number of carbonyl (C=O) groups is 1. The smallest absolute Gasteiger partial charge is 0.168 e. The van der Waals surface area contributed by atoms with E-state index in [0.29, 0.717) is 42.4 Å². The number of allylic oxidation sites excluding steroid dienone is 2. The van der Waals surface area contributed by atoms with Gasteiger partial charge in [-0.05, 0) is 61.5 Å². The topological polar surface area (TPSA) is 58.9 Å². The van der Waals surface area contributed by atoms with Crippen LogP contribution in [0, 0.1) is 11.7 Å². The summed E-state index contributed by atoms with van der Waals surface area (Å²) >= 11 is 1.89. The number of hydrogen-bond acceptors (Lipinski definition) is 5. The van der Waals surface area contributed by atoms with E-state index in [-0.39, 0.29) is 23.3 Å². The highest BCUT2D eigenvalue weighted by atomic mass is 32.2. The van der Waals surface area contributed by atoms with E-state index in [9.17, 15) is 14.3 Å². The monoisotopic (exact) mass is 449 g/mol. The number of Topliss-reactive ketones (excluding diaryl/α,β-unsaturated/α-hetero) is 1. The van der Waals surface area contributed by atoms with Gasteiger partial charge in [-0.15, -0.1) is 0 Å². The minimum absolute atomic E-state index is 0.0189. The molecule has 1 aliphatic rings. The highest BCUT2D eigenvalue weighted by Crippen LogP contribution is 2.32. The fourth-order valence-corrected chi connectivity index (χ4v) is 4.99. The molecule has 2 atom stereocenters. The summed E-state index contributed by atoms with van der Waals surface area (Å²) in [6, 6.07) is 6.55. The molecule has 2 rings (SSSR count). The maximum atomic E-state index is 12.9. The fourth-order valence-electron chi connectivity index (χ4n) is 4.01. The van der Waals surface area contributed by atoms with Crippen LogP contribution in [0.4, 0.5) is 4.39 Å². The molecule has 0 radical (unpaired) electrons. The predicted molar refractivity (Wildman–Crippen MR) is 127 cm³/mol. The molecule has 1 aliphatic carbocycles. The lowest BCUT2D eigenvalue weighted by Gasteiger charge is -2.26. The van der Waals surface area contributed by atoms with Crippen LogP contribution in [0.15, 0.2) is 40.8 Å². The van der Waals surface area contributed by atoms with Gasteiger partial charge in [0.05, 0.1) is 11.3 Å². The van der Waals surface area contributed by atoms with Crippen LogP contribution >= 0.6 is 11.8 Å². The molecule has 1 N–H and O–H groups in total. The van der Waals surface area contributed by atoms with Crippen molar-refractivity contribution in [1.29, 1.82) is 0 Å². The molecule has 172 valence electrons. The first-order chi connectivity index (χ1) is 14.9. The normalized spacial score (nSPS) is 18.4. The van der Waals surface area contributed by atoms with Crippen LogP contribution in [0.25, 0.3) is 0 Å². The van der Waals surface area contributed by atoms with Gasteiger partial charge < -0.3 is 9.94 Å². The van der Waals surface area contributed by atoms with Crippen molar-refractivity contribution in [3.63, 3.8) is 0 Å². The van der Waals surface area contributed by atoms with Gasteiger partial charge in [-0.2, -0.15) is 11.8 Å². The number of carbonyl (C=O) groups excluding carboxylic acids is 1. The highest BCUT2D eigenvalue weighted by molar-refractivity contribution is 7.99. The molecule has 1 aromatic carbocycles. The second kappa shape index (κ2) is 13.6. The number of aryl methyl sites for hydroxylation is 1. The summed E-state index contributed by atoms with van der Waals surface area (Å²) in [5, 5.41) is 15.3. The van der Waals surface area contributed by atoms with Crippen molar-refractivity contribution < 1.29 is 19.1 Å². The summed E-state index contributed by atoms with van der Waals surface area (Å²) in [6.07, 6.45) is 5.95. The minimum atomic E-state index is -0.222. The van der Waals surface area contributed by atoms with Crippen molar-refractivity contribution in [2.24, 2.45) is 11.1 Å². The van der Waals surface area contributed by atoms with Gasteiger partial charge in [0.2, 0.25) is 0 Å².